The summed E-state index contributed by atoms with van der Waals surface area (Å²) in [6.07, 6.45) is 7.40. The Balaban J connectivity index is 1.45. The number of hydrogen-bond donors (Lipinski definition) is 1. The molecule has 0 unspecified atom stereocenters. The van der Waals surface area contributed by atoms with Crippen molar-refractivity contribution < 1.29 is 4.74 Å². The maximum atomic E-state index is 5.20. The average Bonchev–Trinajstić information content (AvgIpc) is 3.01. The minimum Gasteiger partial charge on any atom is -0.497 e. The van der Waals surface area contributed by atoms with Crippen molar-refractivity contribution in [1.29, 1.82) is 0 Å². The van der Waals surface area contributed by atoms with E-state index in [4.69, 9.17) is 4.74 Å². The van der Waals surface area contributed by atoms with E-state index in [-0.39, 0.29) is 0 Å². The van der Waals surface area contributed by atoms with Crippen LogP contribution in [0.2, 0.25) is 0 Å². The van der Waals surface area contributed by atoms with E-state index in [1.165, 1.54) is 17.8 Å². The highest BCUT2D eigenvalue weighted by Gasteiger charge is 2.19. The maximum absolute atomic E-state index is 5.20. The van der Waals surface area contributed by atoms with Gasteiger partial charge in [-0.3, -0.25) is 0 Å². The molecule has 0 amide bonds. The molecule has 4 heteroatoms. The van der Waals surface area contributed by atoms with Crippen molar-refractivity contribution in [3.63, 3.8) is 0 Å². The summed E-state index contributed by atoms with van der Waals surface area (Å²) in [7, 11) is 1.70. The molecule has 2 heterocycles. The van der Waals surface area contributed by atoms with Crippen molar-refractivity contribution in [3.8, 4) is 5.75 Å². The van der Waals surface area contributed by atoms with Gasteiger partial charge >= 0.3 is 0 Å². The zero-order valence-corrected chi connectivity index (χ0v) is 13.5. The third-order valence-corrected chi connectivity index (χ3v) is 4.49. The number of methoxy groups -OCH3 is 1. The molecule has 0 aliphatic carbocycles. The van der Waals surface area contributed by atoms with E-state index in [0.29, 0.717) is 12.0 Å². The molecular weight excluding hydrogens is 274 g/mol. The van der Waals surface area contributed by atoms with Crippen LogP contribution in [0.4, 0.5) is 0 Å². The topological polar surface area (TPSA) is 39.1 Å². The predicted molar refractivity (Wildman–Crippen MR) is 88.2 cm³/mol. The second-order valence-corrected chi connectivity index (χ2v) is 6.26. The molecule has 0 radical (unpaired) electrons. The van der Waals surface area contributed by atoms with Gasteiger partial charge in [0, 0.05) is 31.4 Å². The summed E-state index contributed by atoms with van der Waals surface area (Å²) in [5, 5.41) is 3.69. The van der Waals surface area contributed by atoms with Crippen molar-refractivity contribution in [2.24, 2.45) is 5.92 Å². The van der Waals surface area contributed by atoms with Crippen LogP contribution >= 0.6 is 0 Å². The van der Waals surface area contributed by atoms with E-state index in [2.05, 4.69) is 40.1 Å². The minimum atomic E-state index is 0.484. The van der Waals surface area contributed by atoms with Crippen molar-refractivity contribution in [3.05, 3.63) is 48.0 Å². The number of fused-ring (bicyclic) bond motifs is 1. The summed E-state index contributed by atoms with van der Waals surface area (Å²) in [6, 6.07) is 8.84. The van der Waals surface area contributed by atoms with Gasteiger partial charge < -0.3 is 14.6 Å². The normalized spacial score (nSPS) is 18.7. The van der Waals surface area contributed by atoms with Crippen LogP contribution in [0.3, 0.4) is 0 Å². The number of nitrogens with zero attached hydrogens (tertiary/aromatic N) is 2. The van der Waals surface area contributed by atoms with Gasteiger partial charge in [-0.15, -0.1) is 0 Å². The minimum absolute atomic E-state index is 0.484. The Hall–Kier alpha value is -1.81. The molecule has 0 fully saturated rings. The van der Waals surface area contributed by atoms with E-state index in [9.17, 15) is 0 Å². The Morgan fingerprint density at radius 1 is 1.36 bits per heavy atom. The number of aryl methyl sites for hydroxylation is 1. The molecule has 4 nitrogen and oxygen atoms in total. The van der Waals surface area contributed by atoms with Crippen molar-refractivity contribution >= 4 is 0 Å². The number of aromatic nitrogens is 2. The average molecular weight is 299 g/mol. The molecule has 1 aliphatic rings. The second-order valence-electron chi connectivity index (χ2n) is 6.26. The quantitative estimate of drug-likeness (QED) is 0.891. The SMILES string of the molecule is COc1ccc(C[C@H](C)NC[C@H]2CCc3nccn3C2)cc1. The second kappa shape index (κ2) is 6.97. The van der Waals surface area contributed by atoms with Crippen molar-refractivity contribution in [1.82, 2.24) is 14.9 Å². The summed E-state index contributed by atoms with van der Waals surface area (Å²) in [5.74, 6) is 2.87. The fraction of sp³-hybridized carbons (Fsp3) is 0.500. The maximum Gasteiger partial charge on any atom is 0.118 e. The van der Waals surface area contributed by atoms with Gasteiger partial charge in [0.15, 0.2) is 0 Å². The van der Waals surface area contributed by atoms with Gasteiger partial charge in [-0.1, -0.05) is 12.1 Å². The molecule has 1 aliphatic heterocycles. The molecule has 0 saturated carbocycles. The first-order valence-electron chi connectivity index (χ1n) is 8.11. The van der Waals surface area contributed by atoms with E-state index in [0.717, 1.165) is 31.7 Å². The van der Waals surface area contributed by atoms with Crippen LogP contribution in [-0.2, 0) is 19.4 Å². The standard InChI is InChI=1S/C18H25N3O/c1-14(11-15-3-6-17(22-2)7-4-15)20-12-16-5-8-18-19-9-10-21(18)13-16/h3-4,6-7,9-10,14,16,20H,5,8,11-13H2,1-2H3/t14-,16+/m0/s1. The molecule has 0 bridgehead atoms. The molecule has 22 heavy (non-hydrogen) atoms. The van der Waals surface area contributed by atoms with Crippen LogP contribution in [0.15, 0.2) is 36.7 Å². The summed E-state index contributed by atoms with van der Waals surface area (Å²) >= 11 is 0. The van der Waals surface area contributed by atoms with Crippen LogP contribution in [0.1, 0.15) is 24.7 Å². The lowest BCUT2D eigenvalue weighted by molar-refractivity contribution is 0.334. The van der Waals surface area contributed by atoms with Crippen molar-refractivity contribution in [2.75, 3.05) is 13.7 Å². The zero-order chi connectivity index (χ0) is 15.4. The van der Waals surface area contributed by atoms with Crippen molar-refractivity contribution in [2.45, 2.75) is 38.8 Å². The lowest BCUT2D eigenvalue weighted by Gasteiger charge is -2.25. The lowest BCUT2D eigenvalue weighted by Crippen LogP contribution is -2.36. The van der Waals surface area contributed by atoms with Gasteiger partial charge in [-0.2, -0.15) is 0 Å². The molecule has 2 atom stereocenters. The summed E-state index contributed by atoms with van der Waals surface area (Å²) in [6.45, 7) is 4.43. The highest BCUT2D eigenvalue weighted by atomic mass is 16.5. The van der Waals surface area contributed by atoms with Crippen LogP contribution in [0.5, 0.6) is 5.75 Å². The Morgan fingerprint density at radius 2 is 2.18 bits per heavy atom. The van der Waals surface area contributed by atoms with Gasteiger partial charge in [0.2, 0.25) is 0 Å². The molecule has 3 rings (SSSR count). The number of benzene rings is 1. The monoisotopic (exact) mass is 299 g/mol. The molecule has 0 saturated heterocycles. The number of rotatable bonds is 6. The fourth-order valence-corrected chi connectivity index (χ4v) is 3.16. The molecular formula is C18H25N3O. The van der Waals surface area contributed by atoms with Crippen LogP contribution in [-0.4, -0.2) is 29.2 Å². The Kier molecular flexibility index (Phi) is 4.78. The summed E-state index contributed by atoms with van der Waals surface area (Å²) in [4.78, 5) is 4.39. The molecule has 0 spiro atoms. The molecule has 118 valence electrons. The van der Waals surface area contributed by atoms with Gasteiger partial charge in [0.05, 0.1) is 7.11 Å². The van der Waals surface area contributed by atoms with Crippen LogP contribution in [0.25, 0.3) is 0 Å². The van der Waals surface area contributed by atoms with Crippen LogP contribution < -0.4 is 10.1 Å². The number of hydrogen-bond acceptors (Lipinski definition) is 3. The number of nitrogens with one attached hydrogen (secondary N) is 1. The molecule has 2 aromatic rings. The van der Waals surface area contributed by atoms with Gasteiger partial charge in [-0.05, 0) is 49.9 Å². The zero-order valence-electron chi connectivity index (χ0n) is 13.5. The highest BCUT2D eigenvalue weighted by molar-refractivity contribution is 5.27. The molecule has 1 aromatic heterocycles. The third-order valence-electron chi connectivity index (χ3n) is 4.49. The Labute approximate surface area is 132 Å². The first-order valence-corrected chi connectivity index (χ1v) is 8.11. The number of ether oxygens (including phenoxy) is 1. The van der Waals surface area contributed by atoms with Gasteiger partial charge in [-0.25, -0.2) is 4.98 Å². The van der Waals surface area contributed by atoms with E-state index in [1.807, 2.05) is 18.3 Å². The summed E-state index contributed by atoms with van der Waals surface area (Å²) < 4.78 is 7.50. The predicted octanol–water partition coefficient (Wildman–Crippen LogP) is 2.67. The van der Waals surface area contributed by atoms with E-state index in [1.54, 1.807) is 7.11 Å². The third kappa shape index (κ3) is 3.69. The number of imidazole rings is 1. The van der Waals surface area contributed by atoms with E-state index >= 15 is 0 Å². The van der Waals surface area contributed by atoms with Gasteiger partial charge in [0.25, 0.3) is 0 Å². The van der Waals surface area contributed by atoms with E-state index < -0.39 is 0 Å². The highest BCUT2D eigenvalue weighted by Crippen LogP contribution is 2.18. The fourth-order valence-electron chi connectivity index (χ4n) is 3.16. The van der Waals surface area contributed by atoms with Crippen LogP contribution in [0, 0.1) is 5.92 Å². The molecule has 1 N–H and O–H groups in total. The van der Waals surface area contributed by atoms with Gasteiger partial charge in [0.1, 0.15) is 11.6 Å². The smallest absolute Gasteiger partial charge is 0.118 e. The summed E-state index contributed by atoms with van der Waals surface area (Å²) in [5.41, 5.74) is 1.35. The first-order chi connectivity index (χ1) is 10.7. The molecule has 1 aromatic carbocycles. The first kappa shape index (κ1) is 15.1. The Bertz CT molecular complexity index is 591. The Morgan fingerprint density at radius 3 is 2.95 bits per heavy atom. The largest absolute Gasteiger partial charge is 0.497 e. The lowest BCUT2D eigenvalue weighted by atomic mass is 9.98.